The van der Waals surface area contributed by atoms with Crippen LogP contribution >= 0.6 is 11.6 Å². The number of benzene rings is 2. The van der Waals surface area contributed by atoms with Gasteiger partial charge in [-0.05, 0) is 74.1 Å². The summed E-state index contributed by atoms with van der Waals surface area (Å²) in [6, 6.07) is 11.1. The Morgan fingerprint density at radius 2 is 1.88 bits per heavy atom. The van der Waals surface area contributed by atoms with Crippen molar-refractivity contribution in [1.82, 2.24) is 14.5 Å². The van der Waals surface area contributed by atoms with Crippen molar-refractivity contribution in [2.24, 2.45) is 27.9 Å². The van der Waals surface area contributed by atoms with Gasteiger partial charge in [-0.25, -0.2) is 9.18 Å². The van der Waals surface area contributed by atoms with E-state index in [0.29, 0.717) is 52.9 Å². The largest absolute Gasteiger partial charge is 0.370 e. The van der Waals surface area contributed by atoms with Gasteiger partial charge in [-0.3, -0.25) is 14.4 Å². The molecule has 41 heavy (non-hydrogen) atoms. The number of rotatable bonds is 12. The van der Waals surface area contributed by atoms with E-state index < -0.39 is 17.5 Å². The summed E-state index contributed by atoms with van der Waals surface area (Å²) in [5, 5.41) is 0.629. The summed E-state index contributed by atoms with van der Waals surface area (Å²) in [5.41, 5.74) is 25.2. The van der Waals surface area contributed by atoms with E-state index in [0.717, 1.165) is 18.4 Å². The van der Waals surface area contributed by atoms with Gasteiger partial charge in [-0.15, -0.1) is 0 Å². The monoisotopic (exact) mass is 580 g/mol. The Labute approximate surface area is 241 Å². The van der Waals surface area contributed by atoms with Gasteiger partial charge in [0.1, 0.15) is 5.65 Å². The molecule has 0 aliphatic heterocycles. The fourth-order valence-electron chi connectivity index (χ4n) is 4.58. The lowest BCUT2D eigenvalue weighted by molar-refractivity contribution is -0.120. The van der Waals surface area contributed by atoms with Crippen molar-refractivity contribution in [3.63, 3.8) is 0 Å². The topological polar surface area (TPSA) is 184 Å². The maximum absolute atomic E-state index is 15.0. The second kappa shape index (κ2) is 13.1. The molecule has 2 atom stereocenters. The van der Waals surface area contributed by atoms with E-state index in [1.54, 1.807) is 48.7 Å². The summed E-state index contributed by atoms with van der Waals surface area (Å²) >= 11 is 6.21. The number of aromatic nitrogens is 3. The van der Waals surface area contributed by atoms with Crippen LogP contribution in [0.4, 0.5) is 4.39 Å². The standard InChI is InChI=1S/C29H34ClFN8O2/c1-16(32)4-2-5-17-12-21(25(31)22(30)13-17)23-14-19-15-39(29(41)38-27(19)37-23)20-9-7-18(8-10-20)26(33)24(40)6-3-11-36-28(34)35/h7-10,12-16,26H,2-6,11,32-33H2,1H3,(H4,34,35,36)(H,37,38,41)/t16-,26+/m0/s1. The highest BCUT2D eigenvalue weighted by Gasteiger charge is 2.17. The predicted molar refractivity (Wildman–Crippen MR) is 161 cm³/mol. The van der Waals surface area contributed by atoms with Gasteiger partial charge in [0.2, 0.25) is 0 Å². The van der Waals surface area contributed by atoms with Crippen molar-refractivity contribution in [2.75, 3.05) is 6.54 Å². The molecule has 0 amide bonds. The summed E-state index contributed by atoms with van der Waals surface area (Å²) in [6.07, 6.45) is 4.75. The number of aliphatic imine (C=N–C) groups is 1. The third-order valence-electron chi connectivity index (χ3n) is 6.76. The van der Waals surface area contributed by atoms with Crippen LogP contribution < -0.4 is 28.6 Å². The number of hydrogen-bond acceptors (Lipinski definition) is 6. The summed E-state index contributed by atoms with van der Waals surface area (Å²) in [5.74, 6) is -0.721. The van der Waals surface area contributed by atoms with Gasteiger partial charge in [0.15, 0.2) is 17.6 Å². The van der Waals surface area contributed by atoms with Crippen LogP contribution in [0.15, 0.2) is 58.4 Å². The average molecular weight is 581 g/mol. The third kappa shape index (κ3) is 7.37. The molecule has 2 heterocycles. The Kier molecular flexibility index (Phi) is 9.53. The molecule has 0 radical (unpaired) electrons. The number of nitrogens with zero attached hydrogens (tertiary/aromatic N) is 3. The lowest BCUT2D eigenvalue weighted by atomic mass is 10.0. The lowest BCUT2D eigenvalue weighted by Crippen LogP contribution is -2.24. The number of hydrogen-bond donors (Lipinski definition) is 5. The zero-order valence-electron chi connectivity index (χ0n) is 22.7. The zero-order valence-corrected chi connectivity index (χ0v) is 23.5. The second-order valence-corrected chi connectivity index (χ2v) is 10.5. The van der Waals surface area contributed by atoms with Crippen molar-refractivity contribution in [2.45, 2.75) is 51.1 Å². The van der Waals surface area contributed by atoms with E-state index >= 15 is 4.39 Å². The molecule has 216 valence electrons. The first-order chi connectivity index (χ1) is 19.5. The quantitative estimate of drug-likeness (QED) is 0.0964. The summed E-state index contributed by atoms with van der Waals surface area (Å²) < 4.78 is 16.4. The van der Waals surface area contributed by atoms with E-state index in [-0.39, 0.29) is 29.2 Å². The molecular weight excluding hydrogens is 547 g/mol. The first-order valence-corrected chi connectivity index (χ1v) is 13.7. The fourth-order valence-corrected chi connectivity index (χ4v) is 4.83. The highest BCUT2D eigenvalue weighted by molar-refractivity contribution is 6.31. The number of aryl methyl sites for hydroxylation is 1. The van der Waals surface area contributed by atoms with Crippen LogP contribution in [-0.2, 0) is 11.2 Å². The Balaban J connectivity index is 1.55. The lowest BCUT2D eigenvalue weighted by Gasteiger charge is -2.12. The number of H-pyrrole nitrogens is 1. The van der Waals surface area contributed by atoms with E-state index in [9.17, 15) is 9.59 Å². The normalized spacial score (nSPS) is 12.8. The van der Waals surface area contributed by atoms with Gasteiger partial charge >= 0.3 is 5.69 Å². The fraction of sp³-hybridized carbons (Fsp3) is 0.310. The minimum absolute atomic E-state index is 0.0225. The van der Waals surface area contributed by atoms with Gasteiger partial charge in [-0.2, -0.15) is 4.98 Å². The highest BCUT2D eigenvalue weighted by atomic mass is 35.5. The molecule has 4 rings (SSSR count). The average Bonchev–Trinajstić information content (AvgIpc) is 3.34. The Morgan fingerprint density at radius 1 is 1.15 bits per heavy atom. The number of ketones is 1. The molecule has 4 aromatic rings. The third-order valence-corrected chi connectivity index (χ3v) is 7.04. The van der Waals surface area contributed by atoms with Crippen LogP contribution in [0.3, 0.4) is 0 Å². The van der Waals surface area contributed by atoms with Crippen molar-refractivity contribution < 1.29 is 9.18 Å². The molecule has 0 spiro atoms. The molecule has 0 saturated heterocycles. The molecule has 0 unspecified atom stereocenters. The van der Waals surface area contributed by atoms with E-state index in [1.165, 1.54) is 4.57 Å². The van der Waals surface area contributed by atoms with Crippen molar-refractivity contribution in [1.29, 1.82) is 0 Å². The number of Topliss-reactive ketones (excluding diaryl/α,β-unsaturated/α-hetero) is 1. The number of nitrogens with one attached hydrogen (secondary N) is 1. The van der Waals surface area contributed by atoms with Crippen LogP contribution in [0.5, 0.6) is 0 Å². The minimum atomic E-state index is -0.816. The molecule has 0 aliphatic rings. The molecular formula is C29H34ClFN8O2. The Morgan fingerprint density at radius 3 is 2.56 bits per heavy atom. The molecule has 2 aromatic carbocycles. The second-order valence-electron chi connectivity index (χ2n) is 10.1. The van der Waals surface area contributed by atoms with Crippen molar-refractivity contribution >= 4 is 34.4 Å². The molecule has 0 fully saturated rings. The SMILES string of the molecule is C[C@H](N)CCCc1cc(Cl)c(F)c(-c2cc3cn(-c4ccc([C@@H](N)C(=O)CCCN=C(N)N)cc4)c(=O)nc3[nH]2)c1. The summed E-state index contributed by atoms with van der Waals surface area (Å²) in [4.78, 5) is 36.4. The van der Waals surface area contributed by atoms with E-state index in [1.807, 2.05) is 6.92 Å². The number of guanidine groups is 1. The molecule has 0 saturated carbocycles. The smallest absolute Gasteiger partial charge is 0.354 e. The molecule has 0 bridgehead atoms. The Bertz CT molecular complexity index is 1620. The molecule has 10 nitrogen and oxygen atoms in total. The molecule has 0 aliphatic carbocycles. The first kappa shape index (κ1) is 29.9. The first-order valence-electron chi connectivity index (χ1n) is 13.3. The molecule has 9 N–H and O–H groups in total. The number of aromatic amines is 1. The van der Waals surface area contributed by atoms with Crippen LogP contribution in [0, 0.1) is 5.82 Å². The number of fused-ring (bicyclic) bond motifs is 1. The highest BCUT2D eigenvalue weighted by Crippen LogP contribution is 2.31. The minimum Gasteiger partial charge on any atom is -0.370 e. The van der Waals surface area contributed by atoms with Crippen molar-refractivity contribution in [3.8, 4) is 16.9 Å². The Hall–Kier alpha value is -4.06. The van der Waals surface area contributed by atoms with Crippen molar-refractivity contribution in [3.05, 3.63) is 81.1 Å². The van der Waals surface area contributed by atoms with Crippen LogP contribution in [-0.4, -0.2) is 38.9 Å². The maximum Gasteiger partial charge on any atom is 0.354 e. The predicted octanol–water partition coefficient (Wildman–Crippen LogP) is 3.47. The summed E-state index contributed by atoms with van der Waals surface area (Å²) in [6.45, 7) is 2.29. The van der Waals surface area contributed by atoms with Gasteiger partial charge in [-0.1, -0.05) is 23.7 Å². The molecule has 2 aromatic heterocycles. The maximum atomic E-state index is 15.0. The van der Waals surface area contributed by atoms with Gasteiger partial charge in [0, 0.05) is 36.2 Å². The zero-order chi connectivity index (χ0) is 29.7. The van der Waals surface area contributed by atoms with E-state index in [4.69, 9.17) is 34.5 Å². The van der Waals surface area contributed by atoms with Crippen LogP contribution in [0.2, 0.25) is 5.02 Å². The van der Waals surface area contributed by atoms with Gasteiger partial charge < -0.3 is 27.9 Å². The van der Waals surface area contributed by atoms with Gasteiger partial charge in [0.25, 0.3) is 0 Å². The van der Waals surface area contributed by atoms with Crippen LogP contribution in [0.1, 0.15) is 49.8 Å². The number of carbonyl (C=O) groups is 1. The summed E-state index contributed by atoms with van der Waals surface area (Å²) in [7, 11) is 0. The van der Waals surface area contributed by atoms with E-state index in [2.05, 4.69) is 15.0 Å². The van der Waals surface area contributed by atoms with Crippen LogP contribution in [0.25, 0.3) is 28.0 Å². The van der Waals surface area contributed by atoms with Gasteiger partial charge in [0.05, 0.1) is 22.4 Å². The number of nitrogens with two attached hydrogens (primary N) is 4. The molecule has 12 heteroatoms. The number of carbonyl (C=O) groups excluding carboxylic acids is 1. The number of halogens is 2.